The highest BCUT2D eigenvalue weighted by molar-refractivity contribution is 5.92. The Labute approximate surface area is 270 Å². The van der Waals surface area contributed by atoms with E-state index in [1.54, 1.807) is 0 Å². The number of rotatable bonds is 4. The van der Waals surface area contributed by atoms with Crippen molar-refractivity contribution in [2.24, 2.45) is 0 Å². The summed E-state index contributed by atoms with van der Waals surface area (Å²) in [6, 6.07) is 44.8. The molecule has 46 heavy (non-hydrogen) atoms. The smallest absolute Gasteiger partial charge is 0.160 e. The maximum absolute atomic E-state index is 5.30. The zero-order valence-electron chi connectivity index (χ0n) is 26.0. The fourth-order valence-electron chi connectivity index (χ4n) is 6.89. The van der Waals surface area contributed by atoms with Crippen LogP contribution in [0, 0.1) is 0 Å². The van der Waals surface area contributed by atoms with E-state index in [4.69, 9.17) is 9.97 Å². The zero-order valence-corrected chi connectivity index (χ0v) is 26.0. The lowest BCUT2D eigenvalue weighted by molar-refractivity contribution is 0.660. The van der Waals surface area contributed by atoms with Gasteiger partial charge in [-0.3, -0.25) is 0 Å². The lowest BCUT2D eigenvalue weighted by Gasteiger charge is -2.25. The van der Waals surface area contributed by atoms with Crippen molar-refractivity contribution < 1.29 is 0 Å². The molecule has 6 aromatic rings. The van der Waals surface area contributed by atoms with E-state index in [2.05, 4.69) is 153 Å². The summed E-state index contributed by atoms with van der Waals surface area (Å²) < 4.78 is 0. The molecule has 0 saturated carbocycles. The Morgan fingerprint density at radius 1 is 0.587 bits per heavy atom. The summed E-state index contributed by atoms with van der Waals surface area (Å²) in [5.74, 6) is 0.690. The van der Waals surface area contributed by atoms with Gasteiger partial charge in [-0.15, -0.1) is 0 Å². The molecule has 0 saturated heterocycles. The number of hydrogen-bond acceptors (Lipinski definition) is 3. The second-order valence-electron chi connectivity index (χ2n) is 12.4. The lowest BCUT2D eigenvalue weighted by Crippen LogP contribution is -2.14. The third-order valence-corrected chi connectivity index (χ3v) is 9.21. The molecular weight excluding hydrogens is 558 g/mol. The second kappa shape index (κ2) is 11.0. The largest absolute Gasteiger partial charge is 0.317 e. The van der Waals surface area contributed by atoms with Crippen LogP contribution in [0.1, 0.15) is 30.5 Å². The Hall–Kier alpha value is -5.80. The van der Waals surface area contributed by atoms with Crippen molar-refractivity contribution in [1.82, 2.24) is 9.97 Å². The van der Waals surface area contributed by atoms with E-state index >= 15 is 0 Å². The van der Waals surface area contributed by atoms with E-state index in [1.807, 2.05) is 24.3 Å². The maximum atomic E-state index is 5.30. The average molecular weight is 592 g/mol. The molecule has 5 aromatic carbocycles. The van der Waals surface area contributed by atoms with Gasteiger partial charge < -0.3 is 4.90 Å². The zero-order chi connectivity index (χ0) is 31.3. The van der Waals surface area contributed by atoms with Crippen LogP contribution in [0.15, 0.2) is 158 Å². The van der Waals surface area contributed by atoms with Gasteiger partial charge in [-0.05, 0) is 58.2 Å². The Balaban J connectivity index is 1.32. The molecule has 220 valence electrons. The number of anilines is 2. The van der Waals surface area contributed by atoms with Gasteiger partial charge in [0.25, 0.3) is 0 Å². The molecular formula is C43H33N3. The van der Waals surface area contributed by atoms with Gasteiger partial charge in [-0.2, -0.15) is 0 Å². The van der Waals surface area contributed by atoms with Crippen LogP contribution >= 0.6 is 0 Å². The highest BCUT2D eigenvalue weighted by atomic mass is 15.1. The molecule has 0 bridgehead atoms. The summed E-state index contributed by atoms with van der Waals surface area (Å²) in [7, 11) is 0. The Morgan fingerprint density at radius 3 is 2.13 bits per heavy atom. The van der Waals surface area contributed by atoms with E-state index in [-0.39, 0.29) is 5.41 Å². The fraction of sp³-hybridized carbons (Fsp3) is 0.0698. The molecule has 1 aliphatic heterocycles. The Morgan fingerprint density at radius 2 is 1.26 bits per heavy atom. The van der Waals surface area contributed by atoms with Gasteiger partial charge >= 0.3 is 0 Å². The molecule has 2 heterocycles. The fourth-order valence-corrected chi connectivity index (χ4v) is 6.89. The molecule has 0 spiro atoms. The van der Waals surface area contributed by atoms with E-state index in [0.29, 0.717) is 5.82 Å². The van der Waals surface area contributed by atoms with Crippen LogP contribution in [0.25, 0.3) is 50.6 Å². The van der Waals surface area contributed by atoms with Gasteiger partial charge in [0.1, 0.15) is 0 Å². The molecule has 0 amide bonds. The molecule has 0 unspecified atom stereocenters. The number of hydrogen-bond donors (Lipinski definition) is 0. The number of fused-ring (bicyclic) bond motifs is 4. The SMILES string of the molecule is C=C1/C=C\C=C/N(c2cccc(-c3nc(-c4ccccc4)cc(-c4cccc5c4-c4ccccc4C5(C)C)n3)c2)c2ccccc21. The van der Waals surface area contributed by atoms with Crippen molar-refractivity contribution >= 4 is 16.9 Å². The van der Waals surface area contributed by atoms with Crippen molar-refractivity contribution in [2.45, 2.75) is 19.3 Å². The molecule has 2 aliphatic rings. The standard InChI is InChI=1S/C43H33N3/c1-29-15-11-12-26-46(40-25-10-8-20-33(29)40)32-19-13-18-31(27-32)42-44-38(30-16-5-4-6-17-30)28-39(45-42)35-22-14-24-37-41(35)34-21-7-9-23-36(34)43(37,2)3/h4-28H,1H2,2-3H3/b15-11-,26-12-. The normalized spacial score (nSPS) is 15.7. The van der Waals surface area contributed by atoms with E-state index < -0.39 is 0 Å². The minimum Gasteiger partial charge on any atom is -0.317 e. The van der Waals surface area contributed by atoms with Gasteiger partial charge in [0.2, 0.25) is 0 Å². The Bertz CT molecular complexity index is 2200. The van der Waals surface area contributed by atoms with Crippen LogP contribution in [-0.2, 0) is 5.41 Å². The third kappa shape index (κ3) is 4.60. The number of aromatic nitrogens is 2. The molecule has 3 nitrogen and oxygen atoms in total. The Kier molecular flexibility index (Phi) is 6.61. The number of para-hydroxylation sites is 1. The monoisotopic (exact) mass is 591 g/mol. The second-order valence-corrected chi connectivity index (χ2v) is 12.4. The molecule has 0 N–H and O–H groups in total. The number of benzene rings is 5. The van der Waals surface area contributed by atoms with Crippen molar-refractivity contribution in [3.05, 3.63) is 175 Å². The molecule has 3 heteroatoms. The third-order valence-electron chi connectivity index (χ3n) is 9.21. The first-order chi connectivity index (χ1) is 22.5. The molecule has 0 fully saturated rings. The average Bonchev–Trinajstić information content (AvgIpc) is 3.34. The molecule has 8 rings (SSSR count). The maximum Gasteiger partial charge on any atom is 0.160 e. The van der Waals surface area contributed by atoms with Gasteiger partial charge in [-0.25, -0.2) is 9.97 Å². The summed E-state index contributed by atoms with van der Waals surface area (Å²) in [5.41, 5.74) is 14.2. The van der Waals surface area contributed by atoms with Gasteiger partial charge in [0.05, 0.1) is 17.1 Å². The van der Waals surface area contributed by atoms with Crippen LogP contribution in [0.5, 0.6) is 0 Å². The van der Waals surface area contributed by atoms with Gasteiger partial charge in [0.15, 0.2) is 5.82 Å². The van der Waals surface area contributed by atoms with Crippen LogP contribution in [0.3, 0.4) is 0 Å². The number of nitrogens with zero attached hydrogens (tertiary/aromatic N) is 3. The summed E-state index contributed by atoms with van der Waals surface area (Å²) in [6.07, 6.45) is 8.23. The predicted molar refractivity (Wildman–Crippen MR) is 192 cm³/mol. The van der Waals surface area contributed by atoms with Crippen LogP contribution in [0.2, 0.25) is 0 Å². The van der Waals surface area contributed by atoms with E-state index in [0.717, 1.165) is 50.6 Å². The van der Waals surface area contributed by atoms with Crippen molar-refractivity contribution in [3.8, 4) is 45.0 Å². The van der Waals surface area contributed by atoms with Crippen molar-refractivity contribution in [3.63, 3.8) is 0 Å². The molecule has 1 aromatic heterocycles. The summed E-state index contributed by atoms with van der Waals surface area (Å²) in [6.45, 7) is 8.94. The first-order valence-corrected chi connectivity index (χ1v) is 15.7. The van der Waals surface area contributed by atoms with Crippen LogP contribution in [0.4, 0.5) is 11.4 Å². The van der Waals surface area contributed by atoms with Crippen molar-refractivity contribution in [2.75, 3.05) is 4.90 Å². The molecule has 1 aliphatic carbocycles. The minimum absolute atomic E-state index is 0.0925. The van der Waals surface area contributed by atoms with Crippen LogP contribution in [-0.4, -0.2) is 9.97 Å². The quantitative estimate of drug-likeness (QED) is 0.204. The first kappa shape index (κ1) is 27.7. The lowest BCUT2D eigenvalue weighted by atomic mass is 9.82. The summed E-state index contributed by atoms with van der Waals surface area (Å²) in [4.78, 5) is 12.7. The van der Waals surface area contributed by atoms with Crippen molar-refractivity contribution in [1.29, 1.82) is 0 Å². The number of allylic oxidation sites excluding steroid dienone is 4. The first-order valence-electron chi connectivity index (χ1n) is 15.7. The highest BCUT2D eigenvalue weighted by Crippen LogP contribution is 2.52. The van der Waals surface area contributed by atoms with Gasteiger partial charge in [-0.1, -0.05) is 136 Å². The van der Waals surface area contributed by atoms with Crippen LogP contribution < -0.4 is 4.90 Å². The summed E-state index contributed by atoms with van der Waals surface area (Å²) in [5, 5.41) is 0. The van der Waals surface area contributed by atoms with E-state index in [9.17, 15) is 0 Å². The predicted octanol–water partition coefficient (Wildman–Crippen LogP) is 11.0. The van der Waals surface area contributed by atoms with Gasteiger partial charge in [0, 0.05) is 39.6 Å². The molecule has 0 atom stereocenters. The highest BCUT2D eigenvalue weighted by Gasteiger charge is 2.36. The topological polar surface area (TPSA) is 29.0 Å². The summed E-state index contributed by atoms with van der Waals surface area (Å²) >= 11 is 0. The minimum atomic E-state index is -0.0925. The van der Waals surface area contributed by atoms with E-state index in [1.165, 1.54) is 22.3 Å². The molecule has 0 radical (unpaired) electrons.